The van der Waals surface area contributed by atoms with Gasteiger partial charge in [0, 0.05) is 29.6 Å². The molecule has 0 bridgehead atoms. The molecule has 0 unspecified atom stereocenters. The van der Waals surface area contributed by atoms with Crippen LogP contribution in [0.25, 0.3) is 0 Å². The number of ether oxygens (including phenoxy) is 1. The third-order valence-electron chi connectivity index (χ3n) is 2.47. The number of rotatable bonds is 5. The summed E-state index contributed by atoms with van der Waals surface area (Å²) in [5.41, 5.74) is 2.12. The van der Waals surface area contributed by atoms with Crippen molar-refractivity contribution in [1.82, 2.24) is 4.90 Å². The van der Waals surface area contributed by atoms with Gasteiger partial charge >= 0.3 is 0 Å². The second kappa shape index (κ2) is 6.33. The summed E-state index contributed by atoms with van der Waals surface area (Å²) in [5.74, 6) is 1.50. The molecule has 0 spiro atoms. The van der Waals surface area contributed by atoms with Crippen molar-refractivity contribution in [3.63, 3.8) is 0 Å². The van der Waals surface area contributed by atoms with Gasteiger partial charge in [0.1, 0.15) is 5.75 Å². The zero-order valence-electron chi connectivity index (χ0n) is 9.89. The number of methoxy groups -OCH3 is 1. The van der Waals surface area contributed by atoms with Crippen molar-refractivity contribution < 1.29 is 4.74 Å². The van der Waals surface area contributed by atoms with Crippen molar-refractivity contribution in [2.45, 2.75) is 13.5 Å². The molecule has 16 heavy (non-hydrogen) atoms. The highest BCUT2D eigenvalue weighted by Crippen LogP contribution is 2.27. The number of alkyl halides is 1. The van der Waals surface area contributed by atoms with E-state index in [1.165, 1.54) is 0 Å². The van der Waals surface area contributed by atoms with Gasteiger partial charge in [0.15, 0.2) is 0 Å². The zero-order valence-corrected chi connectivity index (χ0v) is 11.4. The maximum atomic E-state index is 6.10. The zero-order chi connectivity index (χ0) is 12.1. The molecule has 0 aromatic heterocycles. The highest BCUT2D eigenvalue weighted by Gasteiger charge is 2.09. The molecule has 0 amide bonds. The second-order valence-corrected chi connectivity index (χ2v) is 4.63. The van der Waals surface area contributed by atoms with Gasteiger partial charge in [-0.15, -0.1) is 11.6 Å². The van der Waals surface area contributed by atoms with Crippen molar-refractivity contribution in [3.8, 4) is 5.75 Å². The lowest BCUT2D eigenvalue weighted by Gasteiger charge is -2.18. The highest BCUT2D eigenvalue weighted by molar-refractivity contribution is 6.31. The molecule has 0 N–H and O–H groups in total. The van der Waals surface area contributed by atoms with Crippen LogP contribution in [0, 0.1) is 6.92 Å². The van der Waals surface area contributed by atoms with E-state index in [4.69, 9.17) is 27.9 Å². The third-order valence-corrected chi connectivity index (χ3v) is 3.04. The molecular weight excluding hydrogens is 245 g/mol. The molecule has 0 atom stereocenters. The summed E-state index contributed by atoms with van der Waals surface area (Å²) < 4.78 is 5.34. The fourth-order valence-electron chi connectivity index (χ4n) is 1.52. The van der Waals surface area contributed by atoms with Crippen LogP contribution in [0.3, 0.4) is 0 Å². The van der Waals surface area contributed by atoms with Crippen molar-refractivity contribution >= 4 is 23.2 Å². The average molecular weight is 262 g/mol. The Morgan fingerprint density at radius 2 is 2.06 bits per heavy atom. The molecule has 1 aromatic carbocycles. The quantitative estimate of drug-likeness (QED) is 0.755. The molecule has 0 heterocycles. The van der Waals surface area contributed by atoms with E-state index < -0.39 is 0 Å². The van der Waals surface area contributed by atoms with Crippen molar-refractivity contribution in [3.05, 3.63) is 28.3 Å². The van der Waals surface area contributed by atoms with Crippen LogP contribution >= 0.6 is 23.2 Å². The maximum absolute atomic E-state index is 6.10. The van der Waals surface area contributed by atoms with E-state index in [2.05, 4.69) is 4.90 Å². The Kier molecular flexibility index (Phi) is 5.39. The predicted molar refractivity (Wildman–Crippen MR) is 69.8 cm³/mol. The Bertz CT molecular complexity index is 355. The number of hydrogen-bond donors (Lipinski definition) is 0. The molecule has 0 radical (unpaired) electrons. The topological polar surface area (TPSA) is 12.5 Å². The molecule has 1 aromatic rings. The number of hydrogen-bond acceptors (Lipinski definition) is 2. The summed E-state index contributed by atoms with van der Waals surface area (Å²) in [6.07, 6.45) is 0. The fraction of sp³-hybridized carbons (Fsp3) is 0.500. The smallest absolute Gasteiger partial charge is 0.123 e. The first kappa shape index (κ1) is 13.6. The Labute approximate surface area is 107 Å². The molecule has 0 fully saturated rings. The summed E-state index contributed by atoms with van der Waals surface area (Å²) in [7, 11) is 3.70. The van der Waals surface area contributed by atoms with Gasteiger partial charge in [-0.2, -0.15) is 0 Å². The first-order chi connectivity index (χ1) is 7.58. The molecule has 90 valence electrons. The van der Waals surface area contributed by atoms with Crippen LogP contribution in [-0.2, 0) is 6.54 Å². The number of aryl methyl sites for hydroxylation is 1. The fourth-order valence-corrected chi connectivity index (χ4v) is 2.00. The van der Waals surface area contributed by atoms with Crippen LogP contribution in [0.2, 0.25) is 5.02 Å². The van der Waals surface area contributed by atoms with Crippen LogP contribution in [0.1, 0.15) is 11.1 Å². The minimum absolute atomic E-state index is 0.623. The summed E-state index contributed by atoms with van der Waals surface area (Å²) in [5, 5.41) is 0.773. The predicted octanol–water partition coefficient (Wildman–Crippen LogP) is 3.33. The van der Waals surface area contributed by atoms with Crippen LogP contribution in [0.15, 0.2) is 12.1 Å². The van der Waals surface area contributed by atoms with E-state index in [1.807, 2.05) is 26.1 Å². The number of halogens is 2. The minimum atomic E-state index is 0.623. The Balaban J connectivity index is 2.89. The summed E-state index contributed by atoms with van der Waals surface area (Å²) in [4.78, 5) is 2.14. The van der Waals surface area contributed by atoms with Crippen molar-refractivity contribution in [2.24, 2.45) is 0 Å². The van der Waals surface area contributed by atoms with Gasteiger partial charge in [0.25, 0.3) is 0 Å². The van der Waals surface area contributed by atoms with Gasteiger partial charge in [-0.05, 0) is 31.7 Å². The van der Waals surface area contributed by atoms with Gasteiger partial charge < -0.3 is 9.64 Å². The van der Waals surface area contributed by atoms with E-state index in [1.54, 1.807) is 7.11 Å². The van der Waals surface area contributed by atoms with Gasteiger partial charge in [-0.1, -0.05) is 11.6 Å². The molecule has 0 aliphatic carbocycles. The molecule has 1 rings (SSSR count). The Hall–Kier alpha value is -0.440. The van der Waals surface area contributed by atoms with E-state index in [9.17, 15) is 0 Å². The third kappa shape index (κ3) is 3.55. The van der Waals surface area contributed by atoms with Crippen molar-refractivity contribution in [2.75, 3.05) is 26.6 Å². The van der Waals surface area contributed by atoms with Crippen LogP contribution in [0.4, 0.5) is 0 Å². The first-order valence-corrected chi connectivity index (χ1v) is 6.07. The molecular formula is C12H17Cl2NO. The maximum Gasteiger partial charge on any atom is 0.123 e. The monoisotopic (exact) mass is 261 g/mol. The Morgan fingerprint density at radius 1 is 1.38 bits per heavy atom. The molecule has 0 saturated carbocycles. The number of nitrogens with zero attached hydrogens (tertiary/aromatic N) is 1. The van der Waals surface area contributed by atoms with Crippen LogP contribution < -0.4 is 4.74 Å². The van der Waals surface area contributed by atoms with E-state index in [-0.39, 0.29) is 0 Å². The van der Waals surface area contributed by atoms with Gasteiger partial charge in [-0.25, -0.2) is 0 Å². The molecule has 0 aliphatic rings. The van der Waals surface area contributed by atoms with E-state index in [0.29, 0.717) is 5.88 Å². The van der Waals surface area contributed by atoms with Crippen LogP contribution in [-0.4, -0.2) is 31.5 Å². The average Bonchev–Trinajstić information content (AvgIpc) is 2.23. The summed E-state index contributed by atoms with van der Waals surface area (Å²) >= 11 is 11.8. The minimum Gasteiger partial charge on any atom is -0.496 e. The van der Waals surface area contributed by atoms with Gasteiger partial charge in [-0.3, -0.25) is 0 Å². The normalized spacial score (nSPS) is 10.9. The second-order valence-electron chi connectivity index (χ2n) is 3.84. The van der Waals surface area contributed by atoms with Gasteiger partial charge in [0.05, 0.1) is 7.11 Å². The summed E-state index contributed by atoms with van der Waals surface area (Å²) in [6, 6.07) is 3.92. The molecule has 0 saturated heterocycles. The largest absolute Gasteiger partial charge is 0.496 e. The highest BCUT2D eigenvalue weighted by atomic mass is 35.5. The lowest BCUT2D eigenvalue weighted by Crippen LogP contribution is -2.20. The first-order valence-electron chi connectivity index (χ1n) is 5.16. The SMILES string of the molecule is COc1cc(C)c(Cl)cc1CN(C)CCCl. The standard InChI is InChI=1S/C12H17Cl2NO/c1-9-6-12(16-3)10(7-11(9)14)8-15(2)5-4-13/h6-7H,4-5,8H2,1-3H3. The molecule has 0 aliphatic heterocycles. The van der Waals surface area contributed by atoms with E-state index in [0.717, 1.165) is 35.0 Å². The number of benzene rings is 1. The molecule has 4 heteroatoms. The summed E-state index contributed by atoms with van der Waals surface area (Å²) in [6.45, 7) is 3.60. The lowest BCUT2D eigenvalue weighted by atomic mass is 10.1. The lowest BCUT2D eigenvalue weighted by molar-refractivity contribution is 0.334. The van der Waals surface area contributed by atoms with Crippen molar-refractivity contribution in [1.29, 1.82) is 0 Å². The Morgan fingerprint density at radius 3 is 2.62 bits per heavy atom. The van der Waals surface area contributed by atoms with Gasteiger partial charge in [0.2, 0.25) is 0 Å². The van der Waals surface area contributed by atoms with E-state index >= 15 is 0 Å². The van der Waals surface area contributed by atoms with Crippen LogP contribution in [0.5, 0.6) is 5.75 Å². The molecule has 2 nitrogen and oxygen atoms in total.